The van der Waals surface area contributed by atoms with Crippen LogP contribution in [-0.4, -0.2) is 44.5 Å². The molecule has 0 saturated carbocycles. The summed E-state index contributed by atoms with van der Waals surface area (Å²) in [6.07, 6.45) is 5.18. The topological polar surface area (TPSA) is 75.4 Å². The fourth-order valence-corrected chi connectivity index (χ4v) is 3.07. The van der Waals surface area contributed by atoms with Crippen LogP contribution in [0.4, 0.5) is 0 Å². The maximum Gasteiger partial charge on any atom is 0.323 e. The number of carboxylic acids is 1. The molecule has 0 saturated heterocycles. The number of nitrogens with zero attached hydrogens (tertiary/aromatic N) is 3. The molecule has 1 aromatic heterocycles. The van der Waals surface area contributed by atoms with Gasteiger partial charge in [0.15, 0.2) is 0 Å². The Balaban J connectivity index is 1.76. The molecule has 0 fully saturated rings. The summed E-state index contributed by atoms with van der Waals surface area (Å²) in [6.45, 7) is 0.845. The third-order valence-corrected chi connectivity index (χ3v) is 4.32. The van der Waals surface area contributed by atoms with Crippen LogP contribution in [0.25, 0.3) is 0 Å². The van der Waals surface area contributed by atoms with E-state index in [0.717, 1.165) is 37.2 Å². The van der Waals surface area contributed by atoms with Crippen molar-refractivity contribution in [2.45, 2.75) is 32.2 Å². The summed E-state index contributed by atoms with van der Waals surface area (Å²) in [7, 11) is 0. The summed E-state index contributed by atoms with van der Waals surface area (Å²) < 4.78 is 1.93. The molecule has 0 spiro atoms. The maximum atomic E-state index is 12.8. The molecule has 1 amide bonds. The zero-order chi connectivity index (χ0) is 16.9. The SMILES string of the molecule is O=C(O)CN(CCc1ccccc1)C(=O)c1cnc2n1CCCC2. The molecular formula is C18H21N3O3. The first-order valence-electron chi connectivity index (χ1n) is 8.24. The fraction of sp³-hybridized carbons (Fsp3) is 0.389. The van der Waals surface area contributed by atoms with Crippen molar-refractivity contribution < 1.29 is 14.7 Å². The average Bonchev–Trinajstić information content (AvgIpc) is 3.02. The second-order valence-corrected chi connectivity index (χ2v) is 6.02. The smallest absolute Gasteiger partial charge is 0.323 e. The number of rotatable bonds is 6. The maximum absolute atomic E-state index is 12.8. The van der Waals surface area contributed by atoms with Gasteiger partial charge in [-0.15, -0.1) is 0 Å². The first-order valence-corrected chi connectivity index (χ1v) is 8.24. The van der Waals surface area contributed by atoms with Crippen molar-refractivity contribution in [3.63, 3.8) is 0 Å². The number of aryl methyl sites for hydroxylation is 1. The van der Waals surface area contributed by atoms with E-state index in [4.69, 9.17) is 5.11 Å². The van der Waals surface area contributed by atoms with Crippen molar-refractivity contribution in [1.82, 2.24) is 14.5 Å². The van der Waals surface area contributed by atoms with Crippen molar-refractivity contribution >= 4 is 11.9 Å². The van der Waals surface area contributed by atoms with E-state index in [2.05, 4.69) is 4.98 Å². The molecule has 0 atom stereocenters. The van der Waals surface area contributed by atoms with Crippen molar-refractivity contribution in [2.24, 2.45) is 0 Å². The molecule has 0 radical (unpaired) electrons. The van der Waals surface area contributed by atoms with E-state index in [1.54, 1.807) is 6.20 Å². The summed E-state index contributed by atoms with van der Waals surface area (Å²) in [4.78, 5) is 29.7. The number of hydrogen-bond donors (Lipinski definition) is 1. The van der Waals surface area contributed by atoms with E-state index in [0.29, 0.717) is 18.7 Å². The molecule has 2 aromatic rings. The van der Waals surface area contributed by atoms with Gasteiger partial charge in [0, 0.05) is 19.5 Å². The van der Waals surface area contributed by atoms with Crippen LogP contribution < -0.4 is 0 Å². The number of benzene rings is 1. The van der Waals surface area contributed by atoms with Gasteiger partial charge >= 0.3 is 5.97 Å². The standard InChI is InChI=1S/C18H21N3O3/c22-17(23)13-20(11-9-14-6-2-1-3-7-14)18(24)15-12-19-16-8-4-5-10-21(15)16/h1-3,6-7,12H,4-5,8-11,13H2,(H,22,23). The van der Waals surface area contributed by atoms with Gasteiger partial charge in [-0.25, -0.2) is 4.98 Å². The van der Waals surface area contributed by atoms with Crippen LogP contribution in [-0.2, 0) is 24.2 Å². The minimum Gasteiger partial charge on any atom is -0.480 e. The van der Waals surface area contributed by atoms with Crippen molar-refractivity contribution in [3.05, 3.63) is 53.6 Å². The number of carbonyl (C=O) groups is 2. The number of hydrogen-bond acceptors (Lipinski definition) is 3. The Bertz CT molecular complexity index is 724. The Morgan fingerprint density at radius 3 is 2.75 bits per heavy atom. The van der Waals surface area contributed by atoms with Crippen LogP contribution in [0.2, 0.25) is 0 Å². The molecule has 24 heavy (non-hydrogen) atoms. The molecule has 3 rings (SSSR count). The van der Waals surface area contributed by atoms with Gasteiger partial charge in [-0.1, -0.05) is 30.3 Å². The molecule has 1 aliphatic rings. The highest BCUT2D eigenvalue weighted by Gasteiger charge is 2.24. The number of carboxylic acid groups (broad SMARTS) is 1. The van der Waals surface area contributed by atoms with Gasteiger partial charge in [0.1, 0.15) is 18.1 Å². The highest BCUT2D eigenvalue weighted by atomic mass is 16.4. The quantitative estimate of drug-likeness (QED) is 0.880. The Kier molecular flexibility index (Phi) is 4.93. The minimum atomic E-state index is -1.00. The predicted molar refractivity (Wildman–Crippen MR) is 88.9 cm³/mol. The molecule has 1 N–H and O–H groups in total. The molecule has 2 heterocycles. The molecular weight excluding hydrogens is 306 g/mol. The van der Waals surface area contributed by atoms with E-state index < -0.39 is 5.97 Å². The third-order valence-electron chi connectivity index (χ3n) is 4.32. The third kappa shape index (κ3) is 3.64. The fourth-order valence-electron chi connectivity index (χ4n) is 3.07. The summed E-state index contributed by atoms with van der Waals surface area (Å²) >= 11 is 0. The van der Waals surface area contributed by atoms with Crippen LogP contribution in [0.1, 0.15) is 34.7 Å². The van der Waals surface area contributed by atoms with Gasteiger partial charge in [0.05, 0.1) is 6.20 Å². The van der Waals surface area contributed by atoms with Crippen LogP contribution >= 0.6 is 0 Å². The lowest BCUT2D eigenvalue weighted by Crippen LogP contribution is -2.38. The Labute approximate surface area is 140 Å². The highest BCUT2D eigenvalue weighted by Crippen LogP contribution is 2.17. The lowest BCUT2D eigenvalue weighted by Gasteiger charge is -2.23. The molecule has 6 nitrogen and oxygen atoms in total. The normalized spacial score (nSPS) is 13.3. The summed E-state index contributed by atoms with van der Waals surface area (Å²) in [5, 5.41) is 9.15. The monoisotopic (exact) mass is 327 g/mol. The number of amides is 1. The number of fused-ring (bicyclic) bond motifs is 1. The largest absolute Gasteiger partial charge is 0.480 e. The lowest BCUT2D eigenvalue weighted by atomic mass is 10.1. The molecule has 1 aromatic carbocycles. The Morgan fingerprint density at radius 2 is 2.00 bits per heavy atom. The average molecular weight is 327 g/mol. The van der Waals surface area contributed by atoms with Crippen molar-refractivity contribution in [1.29, 1.82) is 0 Å². The van der Waals surface area contributed by atoms with Crippen molar-refractivity contribution in [2.75, 3.05) is 13.1 Å². The second-order valence-electron chi connectivity index (χ2n) is 6.02. The van der Waals surface area contributed by atoms with Crippen LogP contribution in [0.3, 0.4) is 0 Å². The summed E-state index contributed by atoms with van der Waals surface area (Å²) in [5.74, 6) is -0.341. The van der Waals surface area contributed by atoms with Crippen LogP contribution in [0.15, 0.2) is 36.5 Å². The highest BCUT2D eigenvalue weighted by molar-refractivity contribution is 5.94. The van der Waals surface area contributed by atoms with E-state index in [-0.39, 0.29) is 12.5 Å². The first kappa shape index (κ1) is 16.2. The molecule has 126 valence electrons. The number of imidazole rings is 1. The first-order chi connectivity index (χ1) is 11.6. The lowest BCUT2D eigenvalue weighted by molar-refractivity contribution is -0.137. The number of aromatic nitrogens is 2. The Morgan fingerprint density at radius 1 is 1.21 bits per heavy atom. The van der Waals surface area contributed by atoms with Gasteiger partial charge in [-0.3, -0.25) is 9.59 Å². The van der Waals surface area contributed by atoms with E-state index in [9.17, 15) is 9.59 Å². The van der Waals surface area contributed by atoms with E-state index in [1.165, 1.54) is 4.90 Å². The number of carbonyl (C=O) groups excluding carboxylic acids is 1. The van der Waals surface area contributed by atoms with Crippen LogP contribution in [0, 0.1) is 0 Å². The molecule has 0 aliphatic carbocycles. The molecule has 6 heteroatoms. The molecule has 1 aliphatic heterocycles. The number of aliphatic carboxylic acids is 1. The molecule has 0 bridgehead atoms. The Hall–Kier alpha value is -2.63. The van der Waals surface area contributed by atoms with Crippen molar-refractivity contribution in [3.8, 4) is 0 Å². The zero-order valence-corrected chi connectivity index (χ0v) is 13.5. The zero-order valence-electron chi connectivity index (χ0n) is 13.5. The predicted octanol–water partition coefficient (Wildman–Crippen LogP) is 1.99. The minimum absolute atomic E-state index is 0.256. The van der Waals surface area contributed by atoms with Gasteiger partial charge in [0.25, 0.3) is 5.91 Å². The van der Waals surface area contributed by atoms with Gasteiger partial charge in [-0.2, -0.15) is 0 Å². The van der Waals surface area contributed by atoms with Gasteiger partial charge in [0.2, 0.25) is 0 Å². The van der Waals surface area contributed by atoms with E-state index >= 15 is 0 Å². The van der Waals surface area contributed by atoms with Crippen LogP contribution in [0.5, 0.6) is 0 Å². The van der Waals surface area contributed by atoms with E-state index in [1.807, 2.05) is 34.9 Å². The van der Waals surface area contributed by atoms with Gasteiger partial charge < -0.3 is 14.6 Å². The second kappa shape index (κ2) is 7.29. The summed E-state index contributed by atoms with van der Waals surface area (Å²) in [5.41, 5.74) is 1.58. The molecule has 0 unspecified atom stereocenters. The van der Waals surface area contributed by atoms with Gasteiger partial charge in [-0.05, 0) is 24.8 Å². The summed E-state index contributed by atoms with van der Waals surface area (Å²) in [6, 6.07) is 9.76.